The van der Waals surface area contributed by atoms with Crippen molar-refractivity contribution in [2.24, 2.45) is 11.8 Å². The maximum Gasteiger partial charge on any atom is 0.457 e. The maximum absolute atomic E-state index is 14.4. The van der Waals surface area contributed by atoms with Crippen LogP contribution in [0, 0.1) is 11.8 Å². The number of rotatable bonds is 12. The van der Waals surface area contributed by atoms with Crippen molar-refractivity contribution in [1.82, 2.24) is 15.5 Å². The van der Waals surface area contributed by atoms with Gasteiger partial charge in [-0.1, -0.05) is 74.0 Å². The van der Waals surface area contributed by atoms with E-state index in [0.717, 1.165) is 58.2 Å². The maximum atomic E-state index is 14.4. The van der Waals surface area contributed by atoms with Crippen LogP contribution < -0.4 is 10.6 Å². The molecule has 1 saturated carbocycles. The van der Waals surface area contributed by atoms with Gasteiger partial charge in [0.15, 0.2) is 0 Å². The molecular weight excluding hydrogens is 533 g/mol. The van der Waals surface area contributed by atoms with E-state index in [1.54, 1.807) is 0 Å². The summed E-state index contributed by atoms with van der Waals surface area (Å²) < 4.78 is 12.7. The highest BCUT2D eigenvalue weighted by Crippen LogP contribution is 2.43. The van der Waals surface area contributed by atoms with Crippen molar-refractivity contribution in [3.05, 3.63) is 71.8 Å². The van der Waals surface area contributed by atoms with Gasteiger partial charge >= 0.3 is 7.12 Å². The van der Waals surface area contributed by atoms with Gasteiger partial charge < -0.3 is 19.9 Å². The topological polar surface area (TPSA) is 62.8 Å². The van der Waals surface area contributed by atoms with Crippen LogP contribution >= 0.6 is 0 Å². The minimum absolute atomic E-state index is 0.131. The number of nitrogens with zero attached hydrogens (tertiary/aromatic N) is 1. The minimum atomic E-state index is -0.646. The summed E-state index contributed by atoms with van der Waals surface area (Å²) in [5.74, 6) is 0.721. The molecule has 1 aliphatic carbocycles. The Bertz CT molecular complexity index is 1110. The van der Waals surface area contributed by atoms with Gasteiger partial charge in [-0.2, -0.15) is 0 Å². The van der Waals surface area contributed by atoms with Crippen molar-refractivity contribution < 1.29 is 14.1 Å². The lowest BCUT2D eigenvalue weighted by Gasteiger charge is -2.49. The van der Waals surface area contributed by atoms with Gasteiger partial charge in [-0.25, -0.2) is 0 Å². The van der Waals surface area contributed by atoms with E-state index in [4.69, 9.17) is 9.31 Å². The summed E-state index contributed by atoms with van der Waals surface area (Å²) in [5, 5.41) is 7.17. The van der Waals surface area contributed by atoms with Gasteiger partial charge in [0.05, 0.1) is 11.2 Å². The number of amides is 1. The van der Waals surface area contributed by atoms with E-state index < -0.39 is 5.54 Å². The molecule has 43 heavy (non-hydrogen) atoms. The summed E-state index contributed by atoms with van der Waals surface area (Å²) in [6.45, 7) is 20.1. The summed E-state index contributed by atoms with van der Waals surface area (Å²) in [6.07, 6.45) is 4.75. The summed E-state index contributed by atoms with van der Waals surface area (Å²) in [5.41, 5.74) is 0.984. The summed E-state index contributed by atoms with van der Waals surface area (Å²) in [4.78, 5) is 16.9. The third-order valence-corrected chi connectivity index (χ3v) is 9.71. The van der Waals surface area contributed by atoms with Gasteiger partial charge in [-0.3, -0.25) is 9.69 Å². The fourth-order valence-electron chi connectivity index (χ4n) is 6.88. The van der Waals surface area contributed by atoms with Crippen LogP contribution in [-0.2, 0) is 27.2 Å². The third kappa shape index (κ3) is 8.72. The second-order valence-corrected chi connectivity index (χ2v) is 15.0. The lowest BCUT2D eigenvalue weighted by molar-refractivity contribution is -0.135. The van der Waals surface area contributed by atoms with Gasteiger partial charge in [0.2, 0.25) is 5.91 Å². The normalized spacial score (nSPS) is 25.2. The lowest BCUT2D eigenvalue weighted by atomic mass is 9.64. The second-order valence-electron chi connectivity index (χ2n) is 15.0. The molecule has 0 unspecified atom stereocenters. The Morgan fingerprint density at radius 1 is 0.907 bits per heavy atom. The molecule has 0 bridgehead atoms. The number of nitrogens with one attached hydrogen (secondary N) is 2. The average Bonchev–Trinajstić information content (AvgIpc) is 3.14. The molecule has 1 amide bonds. The molecule has 1 saturated heterocycles. The number of hydrogen-bond acceptors (Lipinski definition) is 5. The van der Waals surface area contributed by atoms with Crippen LogP contribution in [0.4, 0.5) is 0 Å². The molecule has 236 valence electrons. The Hall–Kier alpha value is -2.19. The smallest absolute Gasteiger partial charge is 0.403 e. The Labute approximate surface area is 261 Å². The molecule has 2 N–H and O–H groups in total. The molecule has 2 aromatic rings. The molecule has 1 aliphatic heterocycles. The van der Waals surface area contributed by atoms with Crippen molar-refractivity contribution in [1.29, 1.82) is 0 Å². The first-order valence-corrected chi connectivity index (χ1v) is 16.5. The highest BCUT2D eigenvalue weighted by molar-refractivity contribution is 6.45. The van der Waals surface area contributed by atoms with E-state index in [0.29, 0.717) is 5.92 Å². The van der Waals surface area contributed by atoms with Crippen molar-refractivity contribution in [2.75, 3.05) is 13.1 Å². The molecular formula is C36H56BN3O3. The van der Waals surface area contributed by atoms with E-state index in [1.807, 2.05) is 0 Å². The molecule has 4 rings (SSSR count). The molecule has 1 heterocycles. The first kappa shape index (κ1) is 33.7. The van der Waals surface area contributed by atoms with Crippen molar-refractivity contribution in [2.45, 2.75) is 123 Å². The zero-order valence-corrected chi connectivity index (χ0v) is 28.0. The largest absolute Gasteiger partial charge is 0.457 e. The molecule has 0 radical (unpaired) electrons. The van der Waals surface area contributed by atoms with Crippen molar-refractivity contribution in [3.8, 4) is 0 Å². The van der Waals surface area contributed by atoms with Gasteiger partial charge in [0.25, 0.3) is 0 Å². The Morgan fingerprint density at radius 3 is 1.93 bits per heavy atom. The zero-order chi connectivity index (χ0) is 31.3. The molecule has 0 spiro atoms. The van der Waals surface area contributed by atoms with Crippen LogP contribution in [0.25, 0.3) is 0 Å². The zero-order valence-electron chi connectivity index (χ0n) is 28.0. The monoisotopic (exact) mass is 589 g/mol. The first-order chi connectivity index (χ1) is 20.2. The third-order valence-electron chi connectivity index (χ3n) is 9.71. The average molecular weight is 590 g/mol. The molecule has 2 fully saturated rings. The summed E-state index contributed by atoms with van der Waals surface area (Å²) >= 11 is 0. The number of carbonyl (C=O) groups excluding carboxylic acids is 1. The predicted molar refractivity (Wildman–Crippen MR) is 178 cm³/mol. The van der Waals surface area contributed by atoms with Crippen LogP contribution in [0.1, 0.15) is 92.2 Å². The van der Waals surface area contributed by atoms with E-state index >= 15 is 0 Å². The number of hydrogen-bond donors (Lipinski definition) is 2. The van der Waals surface area contributed by atoms with Crippen molar-refractivity contribution in [3.63, 3.8) is 0 Å². The van der Waals surface area contributed by atoms with Gasteiger partial charge in [0.1, 0.15) is 5.54 Å². The highest BCUT2D eigenvalue weighted by Gasteiger charge is 2.53. The van der Waals surface area contributed by atoms with Crippen LogP contribution in [-0.4, -0.2) is 53.3 Å². The van der Waals surface area contributed by atoms with Crippen molar-refractivity contribution >= 4 is 13.0 Å². The Kier molecular flexibility index (Phi) is 10.9. The van der Waals surface area contributed by atoms with Crippen LogP contribution in [0.15, 0.2) is 60.7 Å². The molecule has 2 aromatic carbocycles. The standard InChI is InChI=1S/C36H56BN3O3/c1-9-38-36(32(41)39-33(2,3)4)24-28(22-23-37-42-34(5,6)35(7,8)43-37)20-21-31(36)27-40(25-29-16-12-10-13-17-29)26-30-18-14-11-15-19-30/h10-19,28,31,38H,9,20-27H2,1-8H3,(H,39,41)/t28-,31-,36+/m0/s1. The quantitative estimate of drug-likeness (QED) is 0.265. The molecule has 2 aliphatic rings. The van der Waals surface area contributed by atoms with Crippen LogP contribution in [0.3, 0.4) is 0 Å². The van der Waals surface area contributed by atoms with Gasteiger partial charge in [-0.15, -0.1) is 0 Å². The SMILES string of the molecule is CCN[C@]1(C(=O)NC(C)(C)C)C[C@H](CCB2OC(C)(C)C(C)(C)O2)CC[C@H]1CN(Cc1ccccc1)Cc1ccccc1. The van der Waals surface area contributed by atoms with E-state index in [9.17, 15) is 4.79 Å². The fraction of sp³-hybridized carbons (Fsp3) is 0.639. The number of benzene rings is 2. The van der Waals surface area contributed by atoms with Crippen LogP contribution in [0.5, 0.6) is 0 Å². The van der Waals surface area contributed by atoms with Gasteiger partial charge in [-0.05, 0) is 104 Å². The first-order valence-electron chi connectivity index (χ1n) is 16.5. The van der Waals surface area contributed by atoms with E-state index in [2.05, 4.69) is 132 Å². The highest BCUT2D eigenvalue weighted by atomic mass is 16.7. The molecule has 7 heteroatoms. The second kappa shape index (κ2) is 13.8. The van der Waals surface area contributed by atoms with E-state index in [-0.39, 0.29) is 35.7 Å². The number of likely N-dealkylation sites (N-methyl/N-ethyl adjacent to an activating group) is 1. The predicted octanol–water partition coefficient (Wildman–Crippen LogP) is 6.85. The fourth-order valence-corrected chi connectivity index (χ4v) is 6.88. The number of carbonyl (C=O) groups is 1. The van der Waals surface area contributed by atoms with Gasteiger partial charge in [0, 0.05) is 25.2 Å². The van der Waals surface area contributed by atoms with Crippen LogP contribution in [0.2, 0.25) is 6.32 Å². The minimum Gasteiger partial charge on any atom is -0.403 e. The summed E-state index contributed by atoms with van der Waals surface area (Å²) in [6, 6.07) is 21.4. The Morgan fingerprint density at radius 2 is 1.44 bits per heavy atom. The summed E-state index contributed by atoms with van der Waals surface area (Å²) in [7, 11) is -0.202. The van der Waals surface area contributed by atoms with E-state index in [1.165, 1.54) is 11.1 Å². The molecule has 0 aromatic heterocycles. The Balaban J connectivity index is 1.57. The molecule has 6 nitrogen and oxygen atoms in total. The lowest BCUT2D eigenvalue weighted by Crippen LogP contribution is -2.67. The molecule has 3 atom stereocenters.